The van der Waals surface area contributed by atoms with Crippen LogP contribution >= 0.6 is 0 Å². The van der Waals surface area contributed by atoms with Crippen LogP contribution in [0.5, 0.6) is 0 Å². The number of rotatable bonds is 7. The monoisotopic (exact) mass is 534 g/mol. The van der Waals surface area contributed by atoms with E-state index in [-0.39, 0.29) is 11.6 Å². The van der Waals surface area contributed by atoms with E-state index in [1.165, 1.54) is 10.1 Å². The largest absolute Gasteiger partial charge is 0.340 e. The number of hydrogen-bond donors (Lipinski definition) is 1. The fourth-order valence-electron chi connectivity index (χ4n) is 6.18. The maximum Gasteiger partial charge on any atom is 0.327 e. The lowest BCUT2D eigenvalue weighted by Crippen LogP contribution is -2.47. The maximum atomic E-state index is 14.1. The predicted molar refractivity (Wildman–Crippen MR) is 155 cm³/mol. The van der Waals surface area contributed by atoms with Crippen molar-refractivity contribution in [1.29, 1.82) is 5.26 Å². The first kappa shape index (κ1) is 26.1. The number of likely N-dealkylation sites (tertiary alicyclic amines) is 1. The van der Waals surface area contributed by atoms with Crippen molar-refractivity contribution in [1.82, 2.24) is 24.3 Å². The Bertz CT molecular complexity index is 1560. The quantitative estimate of drug-likeness (QED) is 0.392. The zero-order chi connectivity index (χ0) is 27.5. The average molecular weight is 535 g/mol. The molecule has 0 bridgehead atoms. The summed E-state index contributed by atoms with van der Waals surface area (Å²) in [6.45, 7) is 7.52. The first-order chi connectivity index (χ1) is 19.6. The Morgan fingerprint density at radius 1 is 0.925 bits per heavy atom. The van der Waals surface area contributed by atoms with Crippen LogP contribution in [0.2, 0.25) is 0 Å². The van der Waals surface area contributed by atoms with Crippen molar-refractivity contribution in [3.05, 3.63) is 106 Å². The molecule has 204 valence electrons. The van der Waals surface area contributed by atoms with E-state index < -0.39 is 6.04 Å². The van der Waals surface area contributed by atoms with E-state index in [4.69, 9.17) is 0 Å². The molecule has 8 heteroatoms. The van der Waals surface area contributed by atoms with Gasteiger partial charge in [0.15, 0.2) is 0 Å². The van der Waals surface area contributed by atoms with Crippen LogP contribution in [0.25, 0.3) is 11.0 Å². The van der Waals surface area contributed by atoms with Crippen LogP contribution in [0.4, 0.5) is 0 Å². The van der Waals surface area contributed by atoms with Gasteiger partial charge in [0, 0.05) is 52.4 Å². The summed E-state index contributed by atoms with van der Waals surface area (Å²) in [5.41, 5.74) is 3.39. The summed E-state index contributed by atoms with van der Waals surface area (Å²) in [6, 6.07) is 26.5. The van der Waals surface area contributed by atoms with Gasteiger partial charge in [-0.15, -0.1) is 0 Å². The second kappa shape index (κ2) is 11.5. The van der Waals surface area contributed by atoms with E-state index >= 15 is 0 Å². The first-order valence-electron chi connectivity index (χ1n) is 14.1. The minimum atomic E-state index is -0.795. The molecule has 0 saturated carbocycles. The smallest absolute Gasteiger partial charge is 0.327 e. The lowest BCUT2D eigenvalue weighted by molar-refractivity contribution is -0.132. The third kappa shape index (κ3) is 5.44. The zero-order valence-electron chi connectivity index (χ0n) is 22.6. The number of H-pyrrole nitrogens is 1. The molecule has 3 aromatic carbocycles. The minimum Gasteiger partial charge on any atom is -0.340 e. The summed E-state index contributed by atoms with van der Waals surface area (Å²) in [5, 5.41) is 9.45. The van der Waals surface area contributed by atoms with E-state index in [1.807, 2.05) is 35.2 Å². The molecule has 8 nitrogen and oxygen atoms in total. The Balaban J connectivity index is 1.15. The fourth-order valence-corrected chi connectivity index (χ4v) is 6.18. The lowest BCUT2D eigenvalue weighted by Gasteiger charge is -2.36. The van der Waals surface area contributed by atoms with Gasteiger partial charge in [-0.3, -0.25) is 14.3 Å². The molecule has 1 N–H and O–H groups in total. The molecule has 2 atom stereocenters. The average Bonchev–Trinajstić information content (AvgIpc) is 3.59. The standard InChI is InChI=1S/C32H34N6O2/c33-20-25-11-12-28-29(19-25)38(32(40)34-28)30(27-9-5-2-6-10-27)31(39)37-14-13-26(23-37)22-36-17-15-35(16-18-36)21-24-7-3-1-4-8-24/h1-12,19,26,30H,13-18,21-23H2,(H,34,40)/t26-,30?/m0/s1. The second-order valence-electron chi connectivity index (χ2n) is 11.0. The Morgan fingerprint density at radius 3 is 2.35 bits per heavy atom. The normalized spacial score (nSPS) is 19.1. The van der Waals surface area contributed by atoms with Crippen LogP contribution in [-0.4, -0.2) is 76.0 Å². The van der Waals surface area contributed by atoms with Crippen LogP contribution in [-0.2, 0) is 11.3 Å². The molecule has 3 heterocycles. The highest BCUT2D eigenvalue weighted by atomic mass is 16.2. The summed E-state index contributed by atoms with van der Waals surface area (Å²) < 4.78 is 1.52. The number of fused-ring (bicyclic) bond motifs is 1. The van der Waals surface area contributed by atoms with Crippen molar-refractivity contribution in [3.8, 4) is 6.07 Å². The van der Waals surface area contributed by atoms with Gasteiger partial charge >= 0.3 is 5.69 Å². The highest BCUT2D eigenvalue weighted by Gasteiger charge is 2.35. The molecule has 2 fully saturated rings. The molecule has 0 aliphatic carbocycles. The SMILES string of the molecule is N#Cc1ccc2[nH]c(=O)n(C(C(=O)N3CC[C@@H](CN4CCN(Cc5ccccc5)CC4)C3)c3ccccc3)c2c1. The topological polar surface area (TPSA) is 88.4 Å². The predicted octanol–water partition coefficient (Wildman–Crippen LogP) is 3.46. The van der Waals surface area contributed by atoms with Gasteiger partial charge in [-0.05, 0) is 41.7 Å². The van der Waals surface area contributed by atoms with Gasteiger partial charge in [0.1, 0.15) is 6.04 Å². The number of carbonyl (C=O) groups is 1. The molecule has 1 aromatic heterocycles. The Hall–Kier alpha value is -4.19. The van der Waals surface area contributed by atoms with Gasteiger partial charge in [-0.25, -0.2) is 4.79 Å². The molecule has 1 unspecified atom stereocenters. The number of carbonyl (C=O) groups excluding carboxylic acids is 1. The van der Waals surface area contributed by atoms with Crippen molar-refractivity contribution in [2.45, 2.75) is 19.0 Å². The Kier molecular flexibility index (Phi) is 7.49. The molecule has 0 spiro atoms. The van der Waals surface area contributed by atoms with Gasteiger partial charge in [-0.2, -0.15) is 5.26 Å². The van der Waals surface area contributed by atoms with Crippen molar-refractivity contribution >= 4 is 16.9 Å². The van der Waals surface area contributed by atoms with Crippen LogP contribution in [0, 0.1) is 17.2 Å². The van der Waals surface area contributed by atoms with Crippen molar-refractivity contribution in [2.75, 3.05) is 45.8 Å². The molecule has 2 aliphatic rings. The summed E-state index contributed by atoms with van der Waals surface area (Å²) in [7, 11) is 0. The van der Waals surface area contributed by atoms with Crippen molar-refractivity contribution in [2.24, 2.45) is 5.92 Å². The Labute approximate surface area is 234 Å². The highest BCUT2D eigenvalue weighted by Crippen LogP contribution is 2.28. The van der Waals surface area contributed by atoms with E-state index in [9.17, 15) is 14.9 Å². The van der Waals surface area contributed by atoms with Gasteiger partial charge in [0.05, 0.1) is 22.7 Å². The fraction of sp³-hybridized carbons (Fsp3) is 0.344. The summed E-state index contributed by atoms with van der Waals surface area (Å²) in [4.78, 5) is 37.1. The van der Waals surface area contributed by atoms with E-state index in [1.54, 1.807) is 18.2 Å². The number of nitriles is 1. The summed E-state index contributed by atoms with van der Waals surface area (Å²) in [5.74, 6) is 0.331. The number of nitrogens with zero attached hydrogens (tertiary/aromatic N) is 5. The van der Waals surface area contributed by atoms with Gasteiger partial charge < -0.3 is 14.8 Å². The number of hydrogen-bond acceptors (Lipinski definition) is 5. The van der Waals surface area contributed by atoms with Crippen LogP contribution in [0.15, 0.2) is 83.7 Å². The summed E-state index contributed by atoms with van der Waals surface area (Å²) in [6.07, 6.45) is 0.957. The van der Waals surface area contributed by atoms with E-state index in [0.717, 1.165) is 51.3 Å². The number of amides is 1. The molecule has 0 radical (unpaired) electrons. The molecule has 2 aliphatic heterocycles. The second-order valence-corrected chi connectivity index (χ2v) is 11.0. The maximum absolute atomic E-state index is 14.1. The minimum absolute atomic E-state index is 0.0771. The van der Waals surface area contributed by atoms with E-state index in [0.29, 0.717) is 35.6 Å². The molecule has 6 rings (SSSR count). The van der Waals surface area contributed by atoms with Gasteiger partial charge in [0.25, 0.3) is 0 Å². The Morgan fingerprint density at radius 2 is 1.62 bits per heavy atom. The molecular weight excluding hydrogens is 500 g/mol. The van der Waals surface area contributed by atoms with Gasteiger partial charge in [-0.1, -0.05) is 60.7 Å². The third-order valence-electron chi connectivity index (χ3n) is 8.28. The molecule has 1 amide bonds. The first-order valence-corrected chi connectivity index (χ1v) is 14.1. The van der Waals surface area contributed by atoms with Crippen LogP contribution in [0.3, 0.4) is 0 Å². The molecule has 2 saturated heterocycles. The highest BCUT2D eigenvalue weighted by molar-refractivity contribution is 5.87. The lowest BCUT2D eigenvalue weighted by atomic mass is 10.0. The number of nitrogens with one attached hydrogen (secondary N) is 1. The molecular formula is C32H34N6O2. The van der Waals surface area contributed by atoms with Gasteiger partial charge in [0.2, 0.25) is 5.91 Å². The third-order valence-corrected chi connectivity index (χ3v) is 8.28. The van der Waals surface area contributed by atoms with Crippen molar-refractivity contribution in [3.63, 3.8) is 0 Å². The number of piperazine rings is 1. The number of aromatic nitrogens is 2. The van der Waals surface area contributed by atoms with Crippen LogP contribution < -0.4 is 5.69 Å². The summed E-state index contributed by atoms with van der Waals surface area (Å²) >= 11 is 0. The zero-order valence-corrected chi connectivity index (χ0v) is 22.6. The number of aromatic amines is 1. The van der Waals surface area contributed by atoms with E-state index in [2.05, 4.69) is 51.2 Å². The number of benzene rings is 3. The molecule has 4 aromatic rings. The number of imidazole rings is 1. The van der Waals surface area contributed by atoms with Crippen LogP contribution in [0.1, 0.15) is 29.2 Å². The molecule has 40 heavy (non-hydrogen) atoms. The van der Waals surface area contributed by atoms with Crippen molar-refractivity contribution < 1.29 is 4.79 Å².